The quantitative estimate of drug-likeness (QED) is 0.877. The summed E-state index contributed by atoms with van der Waals surface area (Å²) >= 11 is 0. The highest BCUT2D eigenvalue weighted by atomic mass is 16.2. The monoisotopic (exact) mass is 293 g/mol. The van der Waals surface area contributed by atoms with Crippen molar-refractivity contribution >= 4 is 11.7 Å². The van der Waals surface area contributed by atoms with E-state index in [1.165, 1.54) is 5.56 Å². The molecular weight excluding hydrogens is 274 g/mol. The lowest BCUT2D eigenvalue weighted by Crippen LogP contribution is -2.35. The molecule has 0 aromatic heterocycles. The number of amides is 2. The van der Waals surface area contributed by atoms with E-state index in [9.17, 15) is 4.79 Å². The first-order chi connectivity index (χ1) is 10.8. The zero-order valence-corrected chi connectivity index (χ0v) is 12.4. The van der Waals surface area contributed by atoms with Crippen molar-refractivity contribution in [1.82, 2.24) is 9.80 Å². The third-order valence-electron chi connectivity index (χ3n) is 4.51. The standard InChI is InChI=1S/C18H19N3O/c22-18-20-11-10-19-16-9-5-4-8-15(16)17(21(18)13-12-20)14-6-2-1-3-7-14/h1-9,17,19H,10-13H2/t17-/m1/s1. The van der Waals surface area contributed by atoms with Crippen molar-refractivity contribution in [3.8, 4) is 0 Å². The molecule has 2 heterocycles. The van der Waals surface area contributed by atoms with Crippen LogP contribution in [0.2, 0.25) is 0 Å². The summed E-state index contributed by atoms with van der Waals surface area (Å²) in [6.07, 6.45) is 0. The van der Waals surface area contributed by atoms with Gasteiger partial charge in [-0.2, -0.15) is 0 Å². The van der Waals surface area contributed by atoms with Crippen molar-refractivity contribution in [3.63, 3.8) is 0 Å². The van der Waals surface area contributed by atoms with Gasteiger partial charge in [0.25, 0.3) is 0 Å². The predicted octanol–water partition coefficient (Wildman–Crippen LogP) is 2.94. The van der Waals surface area contributed by atoms with Crippen LogP contribution in [0.4, 0.5) is 10.5 Å². The average molecular weight is 293 g/mol. The van der Waals surface area contributed by atoms with Crippen LogP contribution in [-0.4, -0.2) is 42.0 Å². The van der Waals surface area contributed by atoms with Crippen LogP contribution in [0.3, 0.4) is 0 Å². The van der Waals surface area contributed by atoms with Crippen molar-refractivity contribution in [2.24, 2.45) is 0 Å². The Balaban J connectivity index is 1.88. The molecule has 2 aliphatic heterocycles. The van der Waals surface area contributed by atoms with Gasteiger partial charge < -0.3 is 15.1 Å². The SMILES string of the molecule is O=C1N2CCNc3ccccc3[C@@H](c3ccccc3)N1CC2. The summed E-state index contributed by atoms with van der Waals surface area (Å²) < 4.78 is 0. The summed E-state index contributed by atoms with van der Waals surface area (Å²) in [6.45, 7) is 3.14. The second-order valence-corrected chi connectivity index (χ2v) is 5.79. The maximum Gasteiger partial charge on any atom is 0.320 e. The van der Waals surface area contributed by atoms with Gasteiger partial charge in [-0.25, -0.2) is 4.79 Å². The number of urea groups is 1. The summed E-state index contributed by atoms with van der Waals surface area (Å²) in [5.74, 6) is 0. The van der Waals surface area contributed by atoms with E-state index < -0.39 is 0 Å². The highest BCUT2D eigenvalue weighted by Gasteiger charge is 2.36. The second-order valence-electron chi connectivity index (χ2n) is 5.79. The Morgan fingerprint density at radius 1 is 0.909 bits per heavy atom. The molecule has 4 nitrogen and oxygen atoms in total. The minimum Gasteiger partial charge on any atom is -0.383 e. The summed E-state index contributed by atoms with van der Waals surface area (Å²) in [5, 5.41) is 3.49. The molecule has 22 heavy (non-hydrogen) atoms. The van der Waals surface area contributed by atoms with Crippen LogP contribution >= 0.6 is 0 Å². The van der Waals surface area contributed by atoms with Gasteiger partial charge in [-0.05, 0) is 11.6 Å². The molecule has 1 saturated heterocycles. The highest BCUT2D eigenvalue weighted by molar-refractivity contribution is 5.78. The molecule has 0 aliphatic carbocycles. The van der Waals surface area contributed by atoms with E-state index in [1.54, 1.807) is 0 Å². The Hall–Kier alpha value is -2.49. The van der Waals surface area contributed by atoms with Gasteiger partial charge >= 0.3 is 6.03 Å². The predicted molar refractivity (Wildman–Crippen MR) is 86.9 cm³/mol. The summed E-state index contributed by atoms with van der Waals surface area (Å²) in [4.78, 5) is 16.7. The van der Waals surface area contributed by atoms with Crippen LogP contribution in [0.5, 0.6) is 0 Å². The van der Waals surface area contributed by atoms with Gasteiger partial charge in [0, 0.05) is 37.4 Å². The second kappa shape index (κ2) is 5.37. The molecule has 0 saturated carbocycles. The summed E-state index contributed by atoms with van der Waals surface area (Å²) in [7, 11) is 0. The number of benzene rings is 2. The van der Waals surface area contributed by atoms with Crippen molar-refractivity contribution in [3.05, 3.63) is 65.7 Å². The molecule has 2 aromatic carbocycles. The number of nitrogens with zero attached hydrogens (tertiary/aromatic N) is 2. The zero-order chi connectivity index (χ0) is 14.9. The van der Waals surface area contributed by atoms with E-state index in [4.69, 9.17) is 0 Å². The van der Waals surface area contributed by atoms with E-state index in [0.29, 0.717) is 0 Å². The van der Waals surface area contributed by atoms with E-state index in [0.717, 1.165) is 37.4 Å². The van der Waals surface area contributed by atoms with E-state index in [2.05, 4.69) is 29.6 Å². The third kappa shape index (κ3) is 2.11. The molecule has 1 N–H and O–H groups in total. The van der Waals surface area contributed by atoms with Gasteiger partial charge in [0.1, 0.15) is 0 Å². The Morgan fingerprint density at radius 3 is 2.55 bits per heavy atom. The lowest BCUT2D eigenvalue weighted by atomic mass is 9.95. The number of carbonyl (C=O) groups is 1. The maximum atomic E-state index is 12.7. The minimum absolute atomic E-state index is 0.0273. The van der Waals surface area contributed by atoms with Gasteiger partial charge in [0.15, 0.2) is 0 Å². The largest absolute Gasteiger partial charge is 0.383 e. The maximum absolute atomic E-state index is 12.7. The Kier molecular flexibility index (Phi) is 3.22. The van der Waals surface area contributed by atoms with Crippen molar-refractivity contribution in [2.75, 3.05) is 31.5 Å². The lowest BCUT2D eigenvalue weighted by molar-refractivity contribution is 0.185. The first-order valence-corrected chi connectivity index (χ1v) is 7.78. The smallest absolute Gasteiger partial charge is 0.320 e. The molecule has 112 valence electrons. The van der Waals surface area contributed by atoms with Crippen LogP contribution in [-0.2, 0) is 0 Å². The zero-order valence-electron chi connectivity index (χ0n) is 12.4. The Bertz CT molecular complexity index is 686. The van der Waals surface area contributed by atoms with E-state index >= 15 is 0 Å². The summed E-state index contributed by atoms with van der Waals surface area (Å²) in [5.41, 5.74) is 3.46. The van der Waals surface area contributed by atoms with Crippen LogP contribution in [0, 0.1) is 0 Å². The molecule has 2 aliphatic rings. The lowest BCUT2D eigenvalue weighted by Gasteiger charge is -2.29. The molecule has 4 heteroatoms. The molecule has 1 fully saturated rings. The minimum atomic E-state index is -0.0273. The molecule has 1 atom stereocenters. The van der Waals surface area contributed by atoms with E-state index in [-0.39, 0.29) is 12.1 Å². The number of rotatable bonds is 1. The number of nitrogens with one attached hydrogen (secondary N) is 1. The molecule has 4 rings (SSSR count). The average Bonchev–Trinajstić information content (AvgIpc) is 2.94. The van der Waals surface area contributed by atoms with Crippen molar-refractivity contribution < 1.29 is 4.79 Å². The molecule has 0 unspecified atom stereocenters. The fourth-order valence-corrected chi connectivity index (χ4v) is 3.43. The molecule has 0 spiro atoms. The first-order valence-electron chi connectivity index (χ1n) is 7.78. The molecule has 2 bridgehead atoms. The molecule has 2 aromatic rings. The molecular formula is C18H19N3O. The van der Waals surface area contributed by atoms with Gasteiger partial charge in [-0.15, -0.1) is 0 Å². The number of para-hydroxylation sites is 1. The fraction of sp³-hybridized carbons (Fsp3) is 0.278. The van der Waals surface area contributed by atoms with Gasteiger partial charge in [0.2, 0.25) is 0 Å². The number of anilines is 1. The topological polar surface area (TPSA) is 35.6 Å². The number of hydrogen-bond acceptors (Lipinski definition) is 2. The van der Waals surface area contributed by atoms with Crippen LogP contribution < -0.4 is 5.32 Å². The van der Waals surface area contributed by atoms with Crippen molar-refractivity contribution in [1.29, 1.82) is 0 Å². The molecule has 2 amide bonds. The van der Waals surface area contributed by atoms with Gasteiger partial charge in [-0.3, -0.25) is 0 Å². The fourth-order valence-electron chi connectivity index (χ4n) is 3.43. The van der Waals surface area contributed by atoms with Crippen LogP contribution in [0.15, 0.2) is 54.6 Å². The number of fused-ring (bicyclic) bond motifs is 3. The van der Waals surface area contributed by atoms with E-state index in [1.807, 2.05) is 40.1 Å². The van der Waals surface area contributed by atoms with Crippen molar-refractivity contribution in [2.45, 2.75) is 6.04 Å². The van der Waals surface area contributed by atoms with Crippen LogP contribution in [0.1, 0.15) is 17.2 Å². The first kappa shape index (κ1) is 13.2. The van der Waals surface area contributed by atoms with Crippen LogP contribution in [0.25, 0.3) is 0 Å². The highest BCUT2D eigenvalue weighted by Crippen LogP contribution is 2.36. The number of hydrogen-bond donors (Lipinski definition) is 1. The van der Waals surface area contributed by atoms with Gasteiger partial charge in [0.05, 0.1) is 6.04 Å². The molecule has 0 radical (unpaired) electrons. The van der Waals surface area contributed by atoms with Gasteiger partial charge in [-0.1, -0.05) is 48.5 Å². The Morgan fingerprint density at radius 2 is 1.68 bits per heavy atom. The normalized spacial score (nSPS) is 20.7. The summed E-state index contributed by atoms with van der Waals surface area (Å²) in [6, 6.07) is 18.7. The third-order valence-corrected chi connectivity index (χ3v) is 4.51. The Labute approximate surface area is 130 Å². The number of carbonyl (C=O) groups excluding carboxylic acids is 1.